The number of carbonyl (C=O) groups is 2. The molecule has 0 aliphatic heterocycles. The Hall–Kier alpha value is -1.84. The second kappa shape index (κ2) is 7.08. The fraction of sp³-hybridized carbons (Fsp3) is 0.500. The normalized spacial score (nSPS) is 11.0. The summed E-state index contributed by atoms with van der Waals surface area (Å²) in [4.78, 5) is 25.1. The van der Waals surface area contributed by atoms with Gasteiger partial charge in [0.05, 0.1) is 6.54 Å². The van der Waals surface area contributed by atoms with Crippen LogP contribution in [0.3, 0.4) is 0 Å². The van der Waals surface area contributed by atoms with Crippen molar-refractivity contribution in [2.24, 2.45) is 0 Å². The molecular formula is C16H24N2O2. The second-order valence-corrected chi connectivity index (χ2v) is 5.97. The molecule has 0 heterocycles. The van der Waals surface area contributed by atoms with Crippen molar-refractivity contribution in [3.63, 3.8) is 0 Å². The zero-order valence-corrected chi connectivity index (χ0v) is 12.8. The number of carbonyl (C=O) groups excluding carboxylic acids is 2. The van der Waals surface area contributed by atoms with Gasteiger partial charge in [0.15, 0.2) is 0 Å². The molecule has 0 saturated carbocycles. The third-order valence-corrected chi connectivity index (χ3v) is 2.81. The van der Waals surface area contributed by atoms with Crippen LogP contribution in [-0.4, -0.2) is 35.3 Å². The van der Waals surface area contributed by atoms with Gasteiger partial charge in [-0.2, -0.15) is 0 Å². The summed E-state index contributed by atoms with van der Waals surface area (Å²) in [6, 6.07) is 9.95. The Morgan fingerprint density at radius 2 is 1.75 bits per heavy atom. The second-order valence-electron chi connectivity index (χ2n) is 5.97. The Morgan fingerprint density at radius 3 is 2.25 bits per heavy atom. The Bertz CT molecular complexity index is 449. The molecule has 110 valence electrons. The van der Waals surface area contributed by atoms with Gasteiger partial charge in [-0.05, 0) is 32.8 Å². The molecule has 2 amide bonds. The fourth-order valence-electron chi connectivity index (χ4n) is 1.89. The van der Waals surface area contributed by atoms with Crippen molar-refractivity contribution in [3.8, 4) is 0 Å². The van der Waals surface area contributed by atoms with E-state index < -0.39 is 0 Å². The lowest BCUT2D eigenvalue weighted by atomic mass is 10.1. The van der Waals surface area contributed by atoms with Gasteiger partial charge in [0.2, 0.25) is 11.8 Å². The van der Waals surface area contributed by atoms with Crippen LogP contribution in [0.15, 0.2) is 30.3 Å². The van der Waals surface area contributed by atoms with Crippen LogP contribution in [0.1, 0.15) is 33.3 Å². The molecule has 1 aromatic rings. The van der Waals surface area contributed by atoms with Crippen LogP contribution < -0.4 is 5.32 Å². The van der Waals surface area contributed by atoms with Crippen molar-refractivity contribution in [2.75, 3.05) is 13.1 Å². The van der Waals surface area contributed by atoms with E-state index in [-0.39, 0.29) is 23.9 Å². The van der Waals surface area contributed by atoms with Crippen molar-refractivity contribution in [3.05, 3.63) is 35.9 Å². The van der Waals surface area contributed by atoms with Gasteiger partial charge in [-0.1, -0.05) is 30.3 Å². The molecule has 0 aromatic heterocycles. The van der Waals surface area contributed by atoms with Crippen molar-refractivity contribution in [1.29, 1.82) is 0 Å². The highest BCUT2D eigenvalue weighted by atomic mass is 16.2. The smallest absolute Gasteiger partial charge is 0.240 e. The summed E-state index contributed by atoms with van der Waals surface area (Å²) in [5, 5.41) is 2.87. The first-order valence-electron chi connectivity index (χ1n) is 6.88. The van der Waals surface area contributed by atoms with E-state index in [1.54, 1.807) is 4.90 Å². The summed E-state index contributed by atoms with van der Waals surface area (Å²) in [7, 11) is 0. The molecule has 4 heteroatoms. The zero-order chi connectivity index (χ0) is 15.2. The number of hydrogen-bond acceptors (Lipinski definition) is 2. The predicted octanol–water partition coefficient (Wildman–Crippen LogP) is 1.99. The highest BCUT2D eigenvalue weighted by Gasteiger charge is 2.18. The number of amides is 2. The van der Waals surface area contributed by atoms with Crippen LogP contribution in [0.5, 0.6) is 0 Å². The van der Waals surface area contributed by atoms with Crippen molar-refractivity contribution in [1.82, 2.24) is 10.2 Å². The number of nitrogens with zero attached hydrogens (tertiary/aromatic N) is 1. The molecule has 0 atom stereocenters. The maximum Gasteiger partial charge on any atom is 0.240 e. The lowest BCUT2D eigenvalue weighted by molar-refractivity contribution is -0.134. The van der Waals surface area contributed by atoms with Gasteiger partial charge in [0.25, 0.3) is 0 Å². The van der Waals surface area contributed by atoms with E-state index in [2.05, 4.69) is 5.32 Å². The lowest BCUT2D eigenvalue weighted by Gasteiger charge is -2.25. The van der Waals surface area contributed by atoms with E-state index in [1.165, 1.54) is 6.92 Å². The molecule has 0 spiro atoms. The number of hydrogen-bond donors (Lipinski definition) is 1. The first kappa shape index (κ1) is 16.2. The summed E-state index contributed by atoms with van der Waals surface area (Å²) in [6.07, 6.45) is 0.753. The van der Waals surface area contributed by atoms with Crippen molar-refractivity contribution in [2.45, 2.75) is 39.7 Å². The quantitative estimate of drug-likeness (QED) is 0.894. The first-order valence-corrected chi connectivity index (χ1v) is 6.88. The molecular weight excluding hydrogens is 252 g/mol. The molecule has 20 heavy (non-hydrogen) atoms. The monoisotopic (exact) mass is 276 g/mol. The molecule has 0 aliphatic carbocycles. The minimum absolute atomic E-state index is 0.0787. The summed E-state index contributed by atoms with van der Waals surface area (Å²) < 4.78 is 0. The van der Waals surface area contributed by atoms with Gasteiger partial charge in [-0.25, -0.2) is 0 Å². The molecule has 0 radical (unpaired) electrons. The van der Waals surface area contributed by atoms with E-state index in [0.717, 1.165) is 12.0 Å². The predicted molar refractivity (Wildman–Crippen MR) is 80.3 cm³/mol. The highest BCUT2D eigenvalue weighted by Crippen LogP contribution is 2.03. The summed E-state index contributed by atoms with van der Waals surface area (Å²) in [5.74, 6) is -0.203. The van der Waals surface area contributed by atoms with Crippen LogP contribution >= 0.6 is 0 Å². The largest absolute Gasteiger partial charge is 0.350 e. The Balaban J connectivity index is 2.53. The summed E-state index contributed by atoms with van der Waals surface area (Å²) >= 11 is 0. The summed E-state index contributed by atoms with van der Waals surface area (Å²) in [6.45, 7) is 7.93. The molecule has 0 saturated heterocycles. The maximum atomic E-state index is 11.9. The van der Waals surface area contributed by atoms with Gasteiger partial charge in [0.1, 0.15) is 0 Å². The fourth-order valence-corrected chi connectivity index (χ4v) is 1.89. The van der Waals surface area contributed by atoms with Gasteiger partial charge in [0, 0.05) is 19.0 Å². The average Bonchev–Trinajstić information content (AvgIpc) is 2.33. The van der Waals surface area contributed by atoms with Crippen LogP contribution in [0, 0.1) is 0 Å². The van der Waals surface area contributed by atoms with Gasteiger partial charge in [-0.15, -0.1) is 0 Å². The SMILES string of the molecule is CC(=O)N(CCc1ccccc1)CC(=O)NC(C)(C)C. The Labute approximate surface area is 121 Å². The number of benzene rings is 1. The molecule has 0 fully saturated rings. The van der Waals surface area contributed by atoms with E-state index in [9.17, 15) is 9.59 Å². The third kappa shape index (κ3) is 6.36. The summed E-state index contributed by atoms with van der Waals surface area (Å²) in [5.41, 5.74) is 0.883. The van der Waals surface area contributed by atoms with Gasteiger partial charge >= 0.3 is 0 Å². The van der Waals surface area contributed by atoms with Crippen LogP contribution in [0.25, 0.3) is 0 Å². The van der Waals surface area contributed by atoms with E-state index >= 15 is 0 Å². The van der Waals surface area contributed by atoms with Gasteiger partial charge < -0.3 is 10.2 Å². The zero-order valence-electron chi connectivity index (χ0n) is 12.8. The Morgan fingerprint density at radius 1 is 1.15 bits per heavy atom. The van der Waals surface area contributed by atoms with Gasteiger partial charge in [-0.3, -0.25) is 9.59 Å². The molecule has 1 N–H and O–H groups in total. The lowest BCUT2D eigenvalue weighted by Crippen LogP contribution is -2.47. The minimum atomic E-state index is -0.279. The van der Waals surface area contributed by atoms with Crippen LogP contribution in [0.4, 0.5) is 0 Å². The minimum Gasteiger partial charge on any atom is -0.350 e. The molecule has 0 bridgehead atoms. The molecule has 1 rings (SSSR count). The topological polar surface area (TPSA) is 49.4 Å². The molecule has 0 unspecified atom stereocenters. The van der Waals surface area contributed by atoms with E-state index in [1.807, 2.05) is 51.1 Å². The maximum absolute atomic E-state index is 11.9. The molecule has 4 nitrogen and oxygen atoms in total. The Kier molecular flexibility index (Phi) is 5.74. The number of nitrogens with one attached hydrogen (secondary N) is 1. The van der Waals surface area contributed by atoms with Crippen LogP contribution in [0.2, 0.25) is 0 Å². The average molecular weight is 276 g/mol. The third-order valence-electron chi connectivity index (χ3n) is 2.81. The first-order chi connectivity index (χ1) is 9.28. The van der Waals surface area contributed by atoms with E-state index in [0.29, 0.717) is 6.54 Å². The standard InChI is InChI=1S/C16H24N2O2/c1-13(19)18(12-15(20)17-16(2,3)4)11-10-14-8-6-5-7-9-14/h5-9H,10-12H2,1-4H3,(H,17,20). The van der Waals surface area contributed by atoms with Crippen molar-refractivity contribution >= 4 is 11.8 Å². The molecule has 0 aliphatic rings. The van der Waals surface area contributed by atoms with E-state index in [4.69, 9.17) is 0 Å². The molecule has 1 aromatic carbocycles. The highest BCUT2D eigenvalue weighted by molar-refractivity contribution is 5.84. The van der Waals surface area contributed by atoms with Crippen molar-refractivity contribution < 1.29 is 9.59 Å². The number of rotatable bonds is 5. The van der Waals surface area contributed by atoms with Crippen LogP contribution in [-0.2, 0) is 16.0 Å².